The van der Waals surface area contributed by atoms with Crippen molar-refractivity contribution in [2.24, 2.45) is 17.8 Å². The largest absolute Gasteiger partial charge is 0.505 e. The number of allylic oxidation sites excluding steroid dienone is 6. The first-order valence-electron chi connectivity index (χ1n) is 12.8. The molecule has 1 saturated heterocycles. The molecule has 4 atom stereocenters. The van der Waals surface area contributed by atoms with Crippen molar-refractivity contribution in [3.05, 3.63) is 93.9 Å². The maximum absolute atomic E-state index is 14.5. The Bertz CT molecular complexity index is 1610. The number of phenols is 1. The van der Waals surface area contributed by atoms with E-state index >= 15 is 0 Å². The standard InChI is InChI=1S/C31H24FNO6/c1-14-11-25(36)28-22(29(14)37)13-21-19(26(28)17-5-10-24(35)23(32)12-17)8-9-20-27(21)31(39)33(30(20)38)18-6-3-16(4-7-18)15(2)34/h3-8,10-12,20-21,26-27,35H,9,13H2,1-2H3. The smallest absolute Gasteiger partial charge is 0.238 e. The first-order valence-corrected chi connectivity index (χ1v) is 12.8. The van der Waals surface area contributed by atoms with Crippen LogP contribution in [0.2, 0.25) is 0 Å². The van der Waals surface area contributed by atoms with Crippen LogP contribution in [0.4, 0.5) is 10.1 Å². The van der Waals surface area contributed by atoms with E-state index in [1.807, 2.05) is 6.08 Å². The summed E-state index contributed by atoms with van der Waals surface area (Å²) >= 11 is 0. The number of Topliss-reactive ketones (excluding diaryl/α,β-unsaturated/α-hetero) is 2. The van der Waals surface area contributed by atoms with E-state index in [0.29, 0.717) is 22.4 Å². The van der Waals surface area contributed by atoms with Crippen molar-refractivity contribution in [1.29, 1.82) is 0 Å². The van der Waals surface area contributed by atoms with Crippen molar-refractivity contribution in [3.63, 3.8) is 0 Å². The normalized spacial score (nSPS) is 26.2. The molecular formula is C31H24FNO6. The first-order chi connectivity index (χ1) is 18.6. The predicted molar refractivity (Wildman–Crippen MR) is 138 cm³/mol. The zero-order valence-electron chi connectivity index (χ0n) is 21.2. The molecule has 0 radical (unpaired) electrons. The molecule has 0 aromatic heterocycles. The number of rotatable bonds is 3. The van der Waals surface area contributed by atoms with Gasteiger partial charge in [0.25, 0.3) is 0 Å². The van der Waals surface area contributed by atoms with Crippen molar-refractivity contribution in [2.45, 2.75) is 32.6 Å². The summed E-state index contributed by atoms with van der Waals surface area (Å²) in [6.07, 6.45) is 3.50. The minimum atomic E-state index is -0.861. The quantitative estimate of drug-likeness (QED) is 0.276. The van der Waals surface area contributed by atoms with Crippen LogP contribution in [-0.4, -0.2) is 34.3 Å². The van der Waals surface area contributed by atoms with Gasteiger partial charge in [0.2, 0.25) is 11.8 Å². The van der Waals surface area contributed by atoms with Crippen LogP contribution in [0, 0.1) is 23.6 Å². The molecule has 0 spiro atoms. The summed E-state index contributed by atoms with van der Waals surface area (Å²) < 4.78 is 14.5. The Morgan fingerprint density at radius 1 is 1.00 bits per heavy atom. The number of carbonyl (C=O) groups is 5. The average Bonchev–Trinajstić information content (AvgIpc) is 3.17. The van der Waals surface area contributed by atoms with Gasteiger partial charge >= 0.3 is 0 Å². The summed E-state index contributed by atoms with van der Waals surface area (Å²) in [5.74, 6) is -5.70. The van der Waals surface area contributed by atoms with Crippen molar-refractivity contribution in [2.75, 3.05) is 4.90 Å². The van der Waals surface area contributed by atoms with Gasteiger partial charge in [0, 0.05) is 28.2 Å². The highest BCUT2D eigenvalue weighted by atomic mass is 19.1. The average molecular weight is 526 g/mol. The maximum Gasteiger partial charge on any atom is 0.238 e. The van der Waals surface area contributed by atoms with Crippen LogP contribution >= 0.6 is 0 Å². The van der Waals surface area contributed by atoms with Gasteiger partial charge in [0.15, 0.2) is 28.9 Å². The summed E-state index contributed by atoms with van der Waals surface area (Å²) in [5, 5.41) is 9.77. The van der Waals surface area contributed by atoms with Gasteiger partial charge in [-0.2, -0.15) is 0 Å². The lowest BCUT2D eigenvalue weighted by atomic mass is 9.59. The van der Waals surface area contributed by atoms with E-state index < -0.39 is 41.1 Å². The number of fused-ring (bicyclic) bond motifs is 3. The second-order valence-electron chi connectivity index (χ2n) is 10.6. The highest BCUT2D eigenvalue weighted by Gasteiger charge is 2.56. The lowest BCUT2D eigenvalue weighted by Crippen LogP contribution is -2.39. The second kappa shape index (κ2) is 8.80. The zero-order valence-corrected chi connectivity index (χ0v) is 21.2. The Hall–Kier alpha value is -4.46. The molecule has 1 N–H and O–H groups in total. The van der Waals surface area contributed by atoms with Crippen LogP contribution < -0.4 is 4.90 Å². The van der Waals surface area contributed by atoms with Crippen LogP contribution in [0.3, 0.4) is 0 Å². The Morgan fingerprint density at radius 3 is 2.38 bits per heavy atom. The van der Waals surface area contributed by atoms with Crippen LogP contribution in [0.15, 0.2) is 76.9 Å². The molecule has 8 heteroatoms. The number of anilines is 1. The number of amides is 2. The number of nitrogens with zero attached hydrogens (tertiary/aromatic N) is 1. The number of hydrogen-bond donors (Lipinski definition) is 1. The van der Waals surface area contributed by atoms with E-state index in [0.717, 1.165) is 11.0 Å². The lowest BCUT2D eigenvalue weighted by molar-refractivity contribution is -0.123. The van der Waals surface area contributed by atoms with E-state index in [1.165, 1.54) is 25.1 Å². The third kappa shape index (κ3) is 3.66. The molecule has 3 aliphatic carbocycles. The third-order valence-electron chi connectivity index (χ3n) is 8.40. The molecule has 196 valence electrons. The number of carbonyl (C=O) groups excluding carboxylic acids is 5. The van der Waals surface area contributed by atoms with Crippen LogP contribution in [0.25, 0.3) is 0 Å². The van der Waals surface area contributed by atoms with E-state index in [1.54, 1.807) is 31.2 Å². The molecule has 39 heavy (non-hydrogen) atoms. The van der Waals surface area contributed by atoms with E-state index in [2.05, 4.69) is 0 Å². The lowest BCUT2D eigenvalue weighted by Gasteiger charge is -2.42. The molecule has 2 aromatic carbocycles. The highest BCUT2D eigenvalue weighted by Crippen LogP contribution is 2.55. The summed E-state index contributed by atoms with van der Waals surface area (Å²) in [5.41, 5.74) is 2.73. The molecular weight excluding hydrogens is 501 g/mol. The molecule has 2 amide bonds. The van der Waals surface area contributed by atoms with Crippen LogP contribution in [0.5, 0.6) is 5.75 Å². The fraction of sp³-hybridized carbons (Fsp3) is 0.258. The number of halogens is 1. The van der Waals surface area contributed by atoms with Crippen LogP contribution in [-0.2, 0) is 19.2 Å². The number of phenolic OH excluding ortho intramolecular Hbond substituents is 1. The predicted octanol–water partition coefficient (Wildman–Crippen LogP) is 4.37. The van der Waals surface area contributed by atoms with Gasteiger partial charge in [0.1, 0.15) is 0 Å². The fourth-order valence-electron chi connectivity index (χ4n) is 6.56. The van der Waals surface area contributed by atoms with E-state index in [4.69, 9.17) is 0 Å². The maximum atomic E-state index is 14.5. The molecule has 1 aliphatic heterocycles. The molecule has 2 aromatic rings. The highest BCUT2D eigenvalue weighted by molar-refractivity contribution is 6.25. The van der Waals surface area contributed by atoms with E-state index in [-0.39, 0.29) is 52.8 Å². The molecule has 1 heterocycles. The van der Waals surface area contributed by atoms with Gasteiger partial charge in [-0.25, -0.2) is 4.39 Å². The molecule has 4 aliphatic rings. The number of ketones is 3. The number of hydrogen-bond acceptors (Lipinski definition) is 6. The summed E-state index contributed by atoms with van der Waals surface area (Å²) in [6.45, 7) is 2.99. The topological polar surface area (TPSA) is 109 Å². The van der Waals surface area contributed by atoms with Gasteiger partial charge < -0.3 is 5.11 Å². The van der Waals surface area contributed by atoms with Crippen molar-refractivity contribution in [3.8, 4) is 5.75 Å². The van der Waals surface area contributed by atoms with E-state index in [9.17, 15) is 33.5 Å². The van der Waals surface area contributed by atoms with Crippen molar-refractivity contribution < 1.29 is 33.5 Å². The Balaban J connectivity index is 1.46. The molecule has 0 bridgehead atoms. The number of benzene rings is 2. The van der Waals surface area contributed by atoms with Gasteiger partial charge in [-0.05, 0) is 80.6 Å². The Labute approximate surface area is 223 Å². The Morgan fingerprint density at radius 2 is 1.72 bits per heavy atom. The van der Waals surface area contributed by atoms with Crippen molar-refractivity contribution in [1.82, 2.24) is 0 Å². The van der Waals surface area contributed by atoms with Gasteiger partial charge in [-0.15, -0.1) is 0 Å². The van der Waals surface area contributed by atoms with Gasteiger partial charge in [-0.1, -0.05) is 17.7 Å². The monoisotopic (exact) mass is 525 g/mol. The molecule has 7 nitrogen and oxygen atoms in total. The summed E-state index contributed by atoms with van der Waals surface area (Å²) in [6, 6.07) is 10.1. The van der Waals surface area contributed by atoms with Gasteiger partial charge in [-0.3, -0.25) is 28.9 Å². The second-order valence-corrected chi connectivity index (χ2v) is 10.6. The fourth-order valence-corrected chi connectivity index (χ4v) is 6.56. The summed E-state index contributed by atoms with van der Waals surface area (Å²) in [4.78, 5) is 66.8. The number of aromatic hydroxyl groups is 1. The van der Waals surface area contributed by atoms with Crippen LogP contribution in [0.1, 0.15) is 48.5 Å². The third-order valence-corrected chi connectivity index (χ3v) is 8.40. The molecule has 6 rings (SSSR count). The molecule has 1 fully saturated rings. The van der Waals surface area contributed by atoms with Crippen molar-refractivity contribution >= 4 is 34.9 Å². The number of imide groups is 1. The van der Waals surface area contributed by atoms with Gasteiger partial charge in [0.05, 0.1) is 17.5 Å². The first kappa shape index (κ1) is 24.9. The zero-order chi connectivity index (χ0) is 27.7. The summed E-state index contributed by atoms with van der Waals surface area (Å²) in [7, 11) is 0. The molecule has 0 saturated carbocycles. The minimum absolute atomic E-state index is 0.116. The molecule has 4 unspecified atom stereocenters. The Kier molecular flexibility index (Phi) is 5.61. The minimum Gasteiger partial charge on any atom is -0.505 e. The SMILES string of the molecule is CC(=O)c1ccc(N2C(=O)C3CC=C4C(c5ccc(O)c(F)c5)C5=C(CC4C3C2=O)C(=O)C(C)=CC5=O)cc1.